The summed E-state index contributed by atoms with van der Waals surface area (Å²) < 4.78 is 0.892. The van der Waals surface area contributed by atoms with Gasteiger partial charge < -0.3 is 16.0 Å². The summed E-state index contributed by atoms with van der Waals surface area (Å²) in [7, 11) is 0. The number of rotatable bonds is 4. The minimum Gasteiger partial charge on any atom is -0.352 e. The van der Waals surface area contributed by atoms with Crippen LogP contribution in [-0.4, -0.2) is 23.4 Å². The number of nitrogens with two attached hydrogens (primary N) is 1. The highest BCUT2D eigenvalue weighted by molar-refractivity contribution is 9.10. The zero-order valence-electron chi connectivity index (χ0n) is 13.9. The van der Waals surface area contributed by atoms with Gasteiger partial charge in [-0.2, -0.15) is 0 Å². The Bertz CT molecular complexity index is 792. The summed E-state index contributed by atoms with van der Waals surface area (Å²) >= 11 is 5.17. The number of carbonyl (C=O) groups is 2. The molecule has 0 fully saturated rings. The number of nitrogens with one attached hydrogen (secondary N) is 1. The van der Waals surface area contributed by atoms with Crippen molar-refractivity contribution in [1.82, 2.24) is 10.2 Å². The number of benzene rings is 1. The van der Waals surface area contributed by atoms with E-state index in [4.69, 9.17) is 5.73 Å². The summed E-state index contributed by atoms with van der Waals surface area (Å²) in [6, 6.07) is 8.62. The summed E-state index contributed by atoms with van der Waals surface area (Å²) in [5.41, 5.74) is 7.39. The van der Waals surface area contributed by atoms with Crippen molar-refractivity contribution in [2.24, 2.45) is 5.73 Å². The molecule has 5 nitrogen and oxygen atoms in total. The minimum atomic E-state index is -0.635. The zero-order chi connectivity index (χ0) is 18.0. The molecule has 0 saturated carbocycles. The second kappa shape index (κ2) is 7.58. The Morgan fingerprint density at radius 2 is 2.24 bits per heavy atom. The lowest BCUT2D eigenvalue weighted by Gasteiger charge is -2.34. The van der Waals surface area contributed by atoms with Crippen molar-refractivity contribution >= 4 is 39.2 Å². The molecule has 2 aromatic rings. The van der Waals surface area contributed by atoms with Gasteiger partial charge in [0.05, 0.1) is 18.5 Å². The predicted molar refractivity (Wildman–Crippen MR) is 102 cm³/mol. The van der Waals surface area contributed by atoms with Crippen LogP contribution in [0.15, 0.2) is 40.2 Å². The average molecular weight is 422 g/mol. The molecular weight excluding hydrogens is 402 g/mol. The van der Waals surface area contributed by atoms with Gasteiger partial charge in [0.25, 0.3) is 0 Å². The van der Waals surface area contributed by atoms with Gasteiger partial charge in [-0.25, -0.2) is 4.79 Å². The maximum Gasteiger partial charge on any atom is 0.312 e. The second-order valence-electron chi connectivity index (χ2n) is 6.13. The first-order valence-corrected chi connectivity index (χ1v) is 9.80. The number of hydrogen-bond acceptors (Lipinski definition) is 3. The van der Waals surface area contributed by atoms with Crippen molar-refractivity contribution in [2.75, 3.05) is 6.54 Å². The van der Waals surface area contributed by atoms with Gasteiger partial charge in [-0.15, -0.1) is 11.3 Å². The van der Waals surface area contributed by atoms with Crippen molar-refractivity contribution in [3.05, 3.63) is 56.2 Å². The van der Waals surface area contributed by atoms with E-state index in [2.05, 4.69) is 39.6 Å². The molecule has 7 heteroatoms. The lowest BCUT2D eigenvalue weighted by molar-refractivity contribution is -0.134. The van der Waals surface area contributed by atoms with Crippen LogP contribution in [0.1, 0.15) is 41.4 Å². The molecule has 3 rings (SSSR count). The minimum absolute atomic E-state index is 0.0167. The molecule has 132 valence electrons. The zero-order valence-corrected chi connectivity index (χ0v) is 16.3. The first-order valence-electron chi connectivity index (χ1n) is 8.13. The highest BCUT2D eigenvalue weighted by Gasteiger charge is 2.30. The Morgan fingerprint density at radius 3 is 2.96 bits per heavy atom. The summed E-state index contributed by atoms with van der Waals surface area (Å²) in [5.74, 6) is 0.0167. The largest absolute Gasteiger partial charge is 0.352 e. The Hall–Kier alpha value is -1.86. The fraction of sp³-hybridized carbons (Fsp3) is 0.333. The maximum atomic E-state index is 12.9. The maximum absolute atomic E-state index is 12.9. The summed E-state index contributed by atoms with van der Waals surface area (Å²) in [6.07, 6.45) is 1.07. The van der Waals surface area contributed by atoms with Crippen LogP contribution in [0.4, 0.5) is 4.79 Å². The molecule has 2 heterocycles. The fourth-order valence-corrected chi connectivity index (χ4v) is 4.67. The Balaban J connectivity index is 1.77. The van der Waals surface area contributed by atoms with Crippen molar-refractivity contribution < 1.29 is 9.59 Å². The van der Waals surface area contributed by atoms with Gasteiger partial charge in [0.2, 0.25) is 5.91 Å². The van der Waals surface area contributed by atoms with E-state index in [1.807, 2.05) is 29.2 Å². The molecule has 1 aliphatic heterocycles. The third-order valence-corrected chi connectivity index (χ3v) is 6.03. The van der Waals surface area contributed by atoms with E-state index in [1.165, 1.54) is 10.4 Å². The molecule has 0 aliphatic carbocycles. The SMILES string of the molecule is CC1c2ccsc2CCN1C(=O)CC(NC(N)=O)c1cccc(Br)c1. The van der Waals surface area contributed by atoms with E-state index in [9.17, 15) is 9.59 Å². The van der Waals surface area contributed by atoms with E-state index in [1.54, 1.807) is 11.3 Å². The van der Waals surface area contributed by atoms with Crippen LogP contribution in [0.2, 0.25) is 0 Å². The predicted octanol–water partition coefficient (Wildman–Crippen LogP) is 3.76. The highest BCUT2D eigenvalue weighted by atomic mass is 79.9. The fourth-order valence-electron chi connectivity index (χ4n) is 3.29. The number of carbonyl (C=O) groups excluding carboxylic acids is 2. The first-order chi connectivity index (χ1) is 12.0. The molecule has 1 aliphatic rings. The van der Waals surface area contributed by atoms with Gasteiger partial charge >= 0.3 is 6.03 Å². The molecule has 0 bridgehead atoms. The number of hydrogen-bond donors (Lipinski definition) is 2. The van der Waals surface area contributed by atoms with Crippen LogP contribution in [0.5, 0.6) is 0 Å². The van der Waals surface area contributed by atoms with Gasteiger partial charge in [0.1, 0.15) is 0 Å². The van der Waals surface area contributed by atoms with Gasteiger partial charge in [0, 0.05) is 15.9 Å². The normalized spacial score (nSPS) is 17.7. The molecule has 3 amide bonds. The third kappa shape index (κ3) is 4.04. The Morgan fingerprint density at radius 1 is 1.44 bits per heavy atom. The van der Waals surface area contributed by atoms with Crippen molar-refractivity contribution in [1.29, 1.82) is 0 Å². The number of fused-ring (bicyclic) bond motifs is 1. The van der Waals surface area contributed by atoms with Gasteiger partial charge in [0.15, 0.2) is 0 Å². The quantitative estimate of drug-likeness (QED) is 0.788. The highest BCUT2D eigenvalue weighted by Crippen LogP contribution is 2.34. The van der Waals surface area contributed by atoms with Crippen molar-refractivity contribution in [3.8, 4) is 0 Å². The Labute approximate surface area is 159 Å². The summed E-state index contributed by atoms with van der Waals surface area (Å²) in [6.45, 7) is 2.76. The number of thiophene rings is 1. The second-order valence-corrected chi connectivity index (χ2v) is 8.05. The van der Waals surface area contributed by atoms with E-state index in [0.29, 0.717) is 6.54 Å². The summed E-state index contributed by atoms with van der Waals surface area (Å²) in [4.78, 5) is 27.6. The lowest BCUT2D eigenvalue weighted by Crippen LogP contribution is -2.41. The molecule has 3 N–H and O–H groups in total. The monoisotopic (exact) mass is 421 g/mol. The van der Waals surface area contributed by atoms with E-state index in [-0.39, 0.29) is 18.4 Å². The Kier molecular flexibility index (Phi) is 5.44. The van der Waals surface area contributed by atoms with Crippen LogP contribution in [0, 0.1) is 0 Å². The van der Waals surface area contributed by atoms with Crippen LogP contribution in [0.3, 0.4) is 0 Å². The molecule has 2 unspecified atom stereocenters. The smallest absolute Gasteiger partial charge is 0.312 e. The summed E-state index contributed by atoms with van der Waals surface area (Å²) in [5, 5.41) is 4.77. The molecular formula is C18H20BrN3O2S. The van der Waals surface area contributed by atoms with E-state index in [0.717, 1.165) is 16.5 Å². The number of nitrogens with zero attached hydrogens (tertiary/aromatic N) is 1. The molecule has 2 atom stereocenters. The van der Waals surface area contributed by atoms with E-state index < -0.39 is 12.1 Å². The molecule has 1 aromatic heterocycles. The van der Waals surface area contributed by atoms with Crippen molar-refractivity contribution in [3.63, 3.8) is 0 Å². The van der Waals surface area contributed by atoms with Crippen LogP contribution in [0.25, 0.3) is 0 Å². The third-order valence-electron chi connectivity index (χ3n) is 4.54. The molecule has 1 aromatic carbocycles. The topological polar surface area (TPSA) is 75.4 Å². The van der Waals surface area contributed by atoms with Gasteiger partial charge in [-0.05, 0) is 48.1 Å². The number of amides is 3. The van der Waals surface area contributed by atoms with Crippen LogP contribution in [-0.2, 0) is 11.2 Å². The number of urea groups is 1. The lowest BCUT2D eigenvalue weighted by atomic mass is 9.98. The molecule has 0 spiro atoms. The number of primary amides is 1. The molecule has 0 saturated heterocycles. The van der Waals surface area contributed by atoms with Crippen LogP contribution >= 0.6 is 27.3 Å². The number of halogens is 1. The van der Waals surface area contributed by atoms with Crippen molar-refractivity contribution in [2.45, 2.75) is 31.8 Å². The molecule has 0 radical (unpaired) electrons. The first kappa shape index (κ1) is 17.9. The van der Waals surface area contributed by atoms with Gasteiger partial charge in [-0.3, -0.25) is 4.79 Å². The van der Waals surface area contributed by atoms with Crippen LogP contribution < -0.4 is 11.1 Å². The molecule has 25 heavy (non-hydrogen) atoms. The van der Waals surface area contributed by atoms with E-state index >= 15 is 0 Å². The average Bonchev–Trinajstić information content (AvgIpc) is 3.03. The van der Waals surface area contributed by atoms with Gasteiger partial charge in [-0.1, -0.05) is 28.1 Å². The standard InChI is InChI=1S/C18H20BrN3O2S/c1-11-14-6-8-25-16(14)5-7-22(11)17(23)10-15(21-18(20)24)12-3-2-4-13(19)9-12/h2-4,6,8-9,11,15H,5,7,10H2,1H3,(H3,20,21,24).